The molecule has 0 bridgehead atoms. The molecule has 0 aliphatic carbocycles. The topological polar surface area (TPSA) is 100 Å². The zero-order chi connectivity index (χ0) is 26.9. The van der Waals surface area contributed by atoms with Crippen molar-refractivity contribution in [1.29, 1.82) is 0 Å². The molecule has 0 unspecified atom stereocenters. The van der Waals surface area contributed by atoms with Crippen LogP contribution in [0.4, 0.5) is 13.2 Å². The Labute approximate surface area is 218 Å². The van der Waals surface area contributed by atoms with Crippen LogP contribution in [0.5, 0.6) is 11.1 Å². The molecule has 3 heterocycles. The molecule has 0 radical (unpaired) electrons. The van der Waals surface area contributed by atoms with Gasteiger partial charge in [0.1, 0.15) is 0 Å². The number of nitrogens with zero attached hydrogens (tertiary/aromatic N) is 3. The molecule has 2 N–H and O–H groups in total. The minimum absolute atomic E-state index is 0.119. The van der Waals surface area contributed by atoms with E-state index in [0.29, 0.717) is 34.3 Å². The molecule has 0 amide bonds. The van der Waals surface area contributed by atoms with E-state index in [1.54, 1.807) is 11.4 Å². The smallest absolute Gasteiger partial charge is 0.473 e. The third-order valence-electron chi connectivity index (χ3n) is 5.72. The number of hydrogen-bond donors (Lipinski definition) is 1. The number of pyridine rings is 2. The van der Waals surface area contributed by atoms with Crippen LogP contribution in [0.1, 0.15) is 5.56 Å². The van der Waals surface area contributed by atoms with Gasteiger partial charge in [0.25, 0.3) is 5.19 Å². The zero-order valence-corrected chi connectivity index (χ0v) is 20.6. The average Bonchev–Trinajstić information content (AvgIpc) is 3.41. The van der Waals surface area contributed by atoms with Crippen LogP contribution in [-0.2, 0) is 11.3 Å². The predicted molar refractivity (Wildman–Crippen MR) is 138 cm³/mol. The Morgan fingerprint density at radius 1 is 1.00 bits per heavy atom. The van der Waals surface area contributed by atoms with Crippen molar-refractivity contribution >= 4 is 28.2 Å². The normalized spacial score (nSPS) is 11.5. The lowest BCUT2D eigenvalue weighted by Crippen LogP contribution is -2.28. The van der Waals surface area contributed by atoms with Crippen LogP contribution in [0.2, 0.25) is 0 Å². The van der Waals surface area contributed by atoms with E-state index < -0.39 is 18.0 Å². The summed E-state index contributed by atoms with van der Waals surface area (Å²) in [5.41, 5.74) is 10.5. The van der Waals surface area contributed by atoms with E-state index in [1.807, 2.05) is 54.6 Å². The molecule has 0 spiro atoms. The van der Waals surface area contributed by atoms with Crippen molar-refractivity contribution in [2.24, 2.45) is 5.73 Å². The van der Waals surface area contributed by atoms with Gasteiger partial charge in [-0.3, -0.25) is 0 Å². The fourth-order valence-corrected chi connectivity index (χ4v) is 4.52. The number of carbonyl (C=O) groups excluding carboxylic acids is 1. The van der Waals surface area contributed by atoms with Gasteiger partial charge in [-0.05, 0) is 17.2 Å². The Morgan fingerprint density at radius 3 is 2.37 bits per heavy atom. The molecule has 0 saturated heterocycles. The summed E-state index contributed by atoms with van der Waals surface area (Å²) in [6.45, 7) is 0.367. The van der Waals surface area contributed by atoms with Crippen LogP contribution < -0.4 is 15.2 Å². The highest BCUT2D eigenvalue weighted by Crippen LogP contribution is 2.40. The Balaban J connectivity index is 1.81. The Morgan fingerprint density at radius 2 is 1.74 bits per heavy atom. The van der Waals surface area contributed by atoms with Gasteiger partial charge in [0.2, 0.25) is 5.88 Å². The van der Waals surface area contributed by atoms with Gasteiger partial charge in [-0.2, -0.15) is 13.2 Å². The maximum atomic E-state index is 13.1. The van der Waals surface area contributed by atoms with E-state index in [0.717, 1.165) is 16.7 Å². The van der Waals surface area contributed by atoms with E-state index in [2.05, 4.69) is 9.97 Å². The number of nitrogens with two attached hydrogens (primary N) is 1. The quantitative estimate of drug-likeness (QED) is 0.265. The first kappa shape index (κ1) is 25.3. The fourth-order valence-electron chi connectivity index (χ4n) is 3.88. The number of hydrogen-bond acceptors (Lipinski definition) is 8. The summed E-state index contributed by atoms with van der Waals surface area (Å²) in [6, 6.07) is 18.4. The van der Waals surface area contributed by atoms with Crippen LogP contribution in [0, 0.1) is 0 Å². The van der Waals surface area contributed by atoms with E-state index in [4.69, 9.17) is 20.2 Å². The zero-order valence-electron chi connectivity index (χ0n) is 19.8. The molecule has 2 aromatic carbocycles. The lowest BCUT2D eigenvalue weighted by atomic mass is 9.96. The molecular formula is C27H19F3N4O3S. The van der Waals surface area contributed by atoms with E-state index in [1.165, 1.54) is 24.6 Å². The molecular weight excluding hydrogens is 517 g/mol. The third-order valence-corrected chi connectivity index (χ3v) is 6.52. The fraction of sp³-hybridized carbons (Fsp3) is 0.111. The summed E-state index contributed by atoms with van der Waals surface area (Å²) in [7, 11) is 1.48. The van der Waals surface area contributed by atoms with Crippen molar-refractivity contribution in [3.8, 4) is 44.7 Å². The first-order valence-corrected chi connectivity index (χ1v) is 12.1. The second kappa shape index (κ2) is 10.2. The van der Waals surface area contributed by atoms with Crippen LogP contribution >= 0.6 is 11.3 Å². The molecule has 11 heteroatoms. The number of aromatic nitrogens is 3. The van der Waals surface area contributed by atoms with Crippen molar-refractivity contribution in [3.05, 3.63) is 77.8 Å². The summed E-state index contributed by atoms with van der Waals surface area (Å²) >= 11 is 1.24. The molecule has 7 nitrogen and oxygen atoms in total. The number of fused-ring (bicyclic) bond motifs is 1. The summed E-state index contributed by atoms with van der Waals surface area (Å²) < 4.78 is 49.1. The molecule has 0 aliphatic heterocycles. The van der Waals surface area contributed by atoms with Crippen LogP contribution in [-0.4, -0.2) is 34.2 Å². The highest BCUT2D eigenvalue weighted by molar-refractivity contribution is 7.11. The van der Waals surface area contributed by atoms with Crippen LogP contribution in [0.25, 0.3) is 44.5 Å². The van der Waals surface area contributed by atoms with Crippen molar-refractivity contribution in [3.63, 3.8) is 0 Å². The maximum absolute atomic E-state index is 13.1. The molecule has 5 rings (SSSR count). The van der Waals surface area contributed by atoms with Gasteiger partial charge < -0.3 is 15.2 Å². The highest BCUT2D eigenvalue weighted by Gasteiger charge is 2.42. The van der Waals surface area contributed by atoms with Crippen molar-refractivity contribution < 1.29 is 27.4 Å². The van der Waals surface area contributed by atoms with Gasteiger partial charge in [-0.25, -0.2) is 19.7 Å². The first-order chi connectivity index (χ1) is 18.3. The highest BCUT2D eigenvalue weighted by atomic mass is 32.1. The SMILES string of the molecule is COc1nc(-c2cnc(OC(=O)C(F)(F)F)c3cc(-c4ccccc4)c(-c4ccc(CN)cc4)nc23)cs1. The lowest BCUT2D eigenvalue weighted by Gasteiger charge is -2.15. The van der Waals surface area contributed by atoms with Gasteiger partial charge in [0.15, 0.2) is 0 Å². The number of esters is 1. The molecule has 0 aliphatic rings. The maximum Gasteiger partial charge on any atom is 0.491 e. The average molecular weight is 537 g/mol. The second-order valence-electron chi connectivity index (χ2n) is 8.11. The van der Waals surface area contributed by atoms with Crippen LogP contribution in [0.3, 0.4) is 0 Å². The van der Waals surface area contributed by atoms with Gasteiger partial charge in [-0.15, -0.1) is 0 Å². The molecule has 0 fully saturated rings. The Kier molecular flexibility index (Phi) is 6.79. The number of rotatable bonds is 6. The van der Waals surface area contributed by atoms with Crippen LogP contribution in [0.15, 0.2) is 72.2 Å². The Hall–Kier alpha value is -4.35. The number of ether oxygens (including phenoxy) is 2. The molecule has 5 aromatic rings. The van der Waals surface area contributed by atoms with Gasteiger partial charge in [-0.1, -0.05) is 65.9 Å². The third kappa shape index (κ3) is 4.93. The minimum Gasteiger partial charge on any atom is -0.473 e. The predicted octanol–water partition coefficient (Wildman–Crippen LogP) is 6.02. The largest absolute Gasteiger partial charge is 0.491 e. The number of benzene rings is 2. The molecule has 0 atom stereocenters. The second-order valence-corrected chi connectivity index (χ2v) is 8.94. The van der Waals surface area contributed by atoms with Crippen molar-refractivity contribution in [1.82, 2.24) is 15.0 Å². The standard InChI is InChI=1S/C27H19F3N4O3S/c1-36-26-33-21(14-38-26)20-13-32-24(37-25(35)27(28,29)30)19-11-18(16-5-3-2-4-6-16)22(34-23(19)20)17-9-7-15(12-31)8-10-17/h2-11,13-14H,12,31H2,1H3. The summed E-state index contributed by atoms with van der Waals surface area (Å²) in [5.74, 6) is -2.89. The van der Waals surface area contributed by atoms with Gasteiger partial charge in [0, 0.05) is 34.8 Å². The summed E-state index contributed by atoms with van der Waals surface area (Å²) in [6.07, 6.45) is -3.92. The first-order valence-electron chi connectivity index (χ1n) is 11.3. The Bertz CT molecular complexity index is 1620. The summed E-state index contributed by atoms with van der Waals surface area (Å²) in [4.78, 5) is 25.1. The number of halogens is 3. The van der Waals surface area contributed by atoms with Crippen molar-refractivity contribution in [2.75, 3.05) is 7.11 Å². The van der Waals surface area contributed by atoms with Crippen molar-refractivity contribution in [2.45, 2.75) is 12.7 Å². The number of alkyl halides is 3. The van der Waals surface area contributed by atoms with E-state index in [9.17, 15) is 18.0 Å². The van der Waals surface area contributed by atoms with E-state index in [-0.39, 0.29) is 10.9 Å². The molecule has 192 valence electrons. The summed E-state index contributed by atoms with van der Waals surface area (Å²) in [5, 5.41) is 2.23. The number of methoxy groups -OCH3 is 1. The number of carbonyl (C=O) groups is 1. The monoisotopic (exact) mass is 536 g/mol. The lowest BCUT2D eigenvalue weighted by molar-refractivity contribution is -0.189. The molecule has 38 heavy (non-hydrogen) atoms. The van der Waals surface area contributed by atoms with Gasteiger partial charge in [0.05, 0.1) is 29.4 Å². The van der Waals surface area contributed by atoms with E-state index >= 15 is 0 Å². The molecule has 0 saturated carbocycles. The number of thiazole rings is 1. The molecule has 3 aromatic heterocycles. The van der Waals surface area contributed by atoms with Gasteiger partial charge >= 0.3 is 12.1 Å². The minimum atomic E-state index is -5.20.